The van der Waals surface area contributed by atoms with Gasteiger partial charge in [0.25, 0.3) is 23.4 Å². The molecule has 3 aromatic carbocycles. The van der Waals surface area contributed by atoms with Crippen LogP contribution in [0.5, 0.6) is 34.5 Å². The number of fused-ring (bicyclic) bond motifs is 28. The van der Waals surface area contributed by atoms with Crippen LogP contribution in [0.15, 0.2) is 118 Å². The predicted octanol–water partition coefficient (Wildman–Crippen LogP) is 11.4. The van der Waals surface area contributed by atoms with E-state index >= 15 is 0 Å². The highest BCUT2D eigenvalue weighted by atomic mass is 16.7. The number of nitrogens with zero attached hydrogens (tertiary/aromatic N) is 6. The largest absolute Gasteiger partial charge is 0.507 e. The van der Waals surface area contributed by atoms with Gasteiger partial charge >= 0.3 is 23.5 Å². The first kappa shape index (κ1) is 118. The lowest BCUT2D eigenvalue weighted by Crippen LogP contribution is -2.45. The number of aromatic hydroxyl groups is 4. The number of hydrogen-bond acceptors (Lipinski definition) is 36. The van der Waals surface area contributed by atoms with Crippen molar-refractivity contribution in [3.8, 4) is 34.5 Å². The Morgan fingerprint density at radius 2 is 0.878 bits per heavy atom. The van der Waals surface area contributed by atoms with Crippen molar-refractivity contribution in [1.82, 2.24) is 25.1 Å². The number of allylic oxidation sites excluding steroid dienone is 10. The number of esters is 2. The Kier molecular flexibility index (Phi) is 40.2. The number of Topliss-reactive ketones (excluding diaryl/α,β-unsaturated/α-hetero) is 6. The minimum Gasteiger partial charge on any atom is -0.507 e. The Morgan fingerprint density at radius 3 is 1.29 bits per heavy atom. The molecule has 1 aliphatic carbocycles. The zero-order valence-electron chi connectivity index (χ0n) is 88.6. The molecule has 18 atom stereocenters. The standard InChI is InChI=1S/C55H74N4O15.C55H72N4O15/c2*1-29-16-22-72-55(12)52(69)43-41-42(47(66)35(7)51(43)74-55)49(68)44(57-53(70)31(3)15-13-14-30(2)45(64)33(5)46(65)34(6)50(32(29)4)73-37(9)62)40(48(41)67)26-56-59-19-17-58(18-20-59)21-23-71-36(8)54(10,11)25-39(63)24-38(27-60)28-61/h13-16,22,26-30,32-34,38,45-46,50,64-68H,8,17-21,23-25H2,1-7,9-12H3,(H,57,70);13-16,22,26-30,32-34,38,45-46,50,64-66H,8,17-21,23-25H2,1-7,9-12H3,(H,57,70)/b2*14-13+,22-16+,31-15-,56-26+/t2*29-,30-,32+,33+,34+,45-,46+,50+,55-/m00/s1. The molecule has 0 saturated carbocycles. The van der Waals surface area contributed by atoms with E-state index in [0.29, 0.717) is 102 Å². The van der Waals surface area contributed by atoms with Crippen molar-refractivity contribution in [2.45, 2.75) is 226 Å². The van der Waals surface area contributed by atoms with Crippen LogP contribution < -0.4 is 20.1 Å². The van der Waals surface area contributed by atoms with Gasteiger partial charge in [-0.15, -0.1) is 0 Å². The lowest BCUT2D eigenvalue weighted by molar-refractivity contribution is -0.159. The summed E-state index contributed by atoms with van der Waals surface area (Å²) in [6, 6.07) is 0. The first-order valence-corrected chi connectivity index (χ1v) is 50.0. The predicted molar refractivity (Wildman–Crippen MR) is 548 cm³/mol. The lowest BCUT2D eigenvalue weighted by Gasteiger charge is -2.37. The van der Waals surface area contributed by atoms with Gasteiger partial charge in [-0.1, -0.05) is 147 Å². The van der Waals surface area contributed by atoms with Crippen LogP contribution in [0.25, 0.3) is 10.8 Å². The van der Waals surface area contributed by atoms with Crippen LogP contribution in [-0.4, -0.2) is 284 Å². The summed E-state index contributed by atoms with van der Waals surface area (Å²) in [5.41, 5.74) is -4.13. The van der Waals surface area contributed by atoms with Crippen LogP contribution in [-0.2, 0) is 76.4 Å². The van der Waals surface area contributed by atoms with Crippen LogP contribution >= 0.6 is 0 Å². The van der Waals surface area contributed by atoms with Crippen molar-refractivity contribution in [2.24, 2.45) is 92.0 Å². The van der Waals surface area contributed by atoms with E-state index in [1.165, 1.54) is 86.3 Å². The first-order chi connectivity index (χ1) is 69.4. The summed E-state index contributed by atoms with van der Waals surface area (Å²) in [4.78, 5) is 185. The Morgan fingerprint density at radius 1 is 0.486 bits per heavy atom. The number of aldehydes is 4. The maximum absolute atomic E-state index is 14.9. The van der Waals surface area contributed by atoms with E-state index in [4.69, 9.17) is 37.9 Å². The third kappa shape index (κ3) is 27.3. The van der Waals surface area contributed by atoms with E-state index in [9.17, 15) is 108 Å². The van der Waals surface area contributed by atoms with E-state index < -0.39 is 211 Å². The van der Waals surface area contributed by atoms with Crippen LogP contribution in [0, 0.1) is 95.7 Å². The summed E-state index contributed by atoms with van der Waals surface area (Å²) in [5.74, 6) is -20.1. The number of rotatable bonds is 28. The van der Waals surface area contributed by atoms with Crippen LogP contribution in [0.4, 0.5) is 5.69 Å². The van der Waals surface area contributed by atoms with Crippen molar-refractivity contribution in [3.63, 3.8) is 0 Å². The molecule has 0 aromatic heterocycles. The van der Waals surface area contributed by atoms with Gasteiger partial charge in [0.1, 0.15) is 96.6 Å². The van der Waals surface area contributed by atoms with Crippen LogP contribution in [0.3, 0.4) is 0 Å². The number of anilines is 1. The van der Waals surface area contributed by atoms with E-state index in [0.717, 1.165) is 6.21 Å². The zero-order chi connectivity index (χ0) is 110. The van der Waals surface area contributed by atoms with Gasteiger partial charge in [-0.3, -0.25) is 67.8 Å². The molecule has 806 valence electrons. The molecule has 8 aliphatic heterocycles. The molecule has 0 unspecified atom stereocenters. The molecule has 2 amide bonds. The SMILES string of the molecule is C=C(OCCN1CCN(/N=C/C2=C3NC(=O)/C(C)=C\C=C\[C@H](C)[C@H](O)[C@@H](C)[C@@H](O)[C@@H](C)[C@H](OC(C)=O)[C@H](C)[C@@H](C)/C=C/O[C@@]4(C)Oc5c(C)c(O)c(c(c5C4=O)C2=O)C3=O)CC1)C(C)(C)CC(=O)CC(C=O)C=O.C=C(OCCN1CCN(/N=C/c2c3c(O)c4c(O)c(C)c5c(c4c2O)C(=O)[C@@](C)(O/C=C/[C@H](C)[C@@H](C)[C@@H](OC(C)=O)[C@H](C)[C@H](O)[C@H](C)[C@@H](O)[C@@H](C)/C=C/C=C(/C)C(=O)N3)O5)CC1)C(C)(C)CC(=O)CC(C=O)C=O. The maximum atomic E-state index is 14.9. The van der Waals surface area contributed by atoms with Gasteiger partial charge in [0.05, 0.1) is 117 Å². The molecule has 148 heavy (non-hydrogen) atoms. The number of piperazine rings is 2. The average Bonchev–Trinajstić information content (AvgIpc) is 1.53. The first-order valence-electron chi connectivity index (χ1n) is 50.0. The summed E-state index contributed by atoms with van der Waals surface area (Å²) >= 11 is 0. The van der Waals surface area contributed by atoms with Crippen molar-refractivity contribution < 1.29 is 146 Å². The summed E-state index contributed by atoms with van der Waals surface area (Å²) in [7, 11) is 0. The third-order valence-corrected chi connectivity index (χ3v) is 29.5. The Balaban J connectivity index is 0.000000329. The fourth-order valence-corrected chi connectivity index (χ4v) is 19.0. The Bertz CT molecular complexity index is 5860. The monoisotopic (exact) mass is 2060 g/mol. The highest BCUT2D eigenvalue weighted by Gasteiger charge is 2.55. The van der Waals surface area contributed by atoms with Gasteiger partial charge in [0.15, 0.2) is 11.5 Å². The average molecular weight is 2060 g/mol. The molecular weight excluding hydrogens is 1910 g/mol. The second kappa shape index (κ2) is 50.2. The molecule has 38 nitrogen and oxygen atoms in total. The number of carbonyl (C=O) groups is 14. The van der Waals surface area contributed by atoms with Crippen LogP contribution in [0.2, 0.25) is 0 Å². The van der Waals surface area contributed by atoms with Gasteiger partial charge in [0, 0.05) is 193 Å². The molecule has 8 heterocycles. The zero-order valence-corrected chi connectivity index (χ0v) is 88.6. The molecule has 10 N–H and O–H groups in total. The number of benzene rings is 3. The molecular formula is C110H146N8O30. The summed E-state index contributed by atoms with van der Waals surface area (Å²) < 4.78 is 47.8. The van der Waals surface area contributed by atoms with Gasteiger partial charge in [-0.2, -0.15) is 10.2 Å². The summed E-state index contributed by atoms with van der Waals surface area (Å²) in [6.07, 6.45) is 13.0. The minimum atomic E-state index is -2.10. The fourth-order valence-electron chi connectivity index (χ4n) is 19.0. The number of ether oxygens (including phenoxy) is 8. The molecule has 2 saturated heterocycles. The van der Waals surface area contributed by atoms with E-state index in [-0.39, 0.29) is 129 Å². The van der Waals surface area contributed by atoms with E-state index in [1.807, 2.05) is 27.7 Å². The van der Waals surface area contributed by atoms with Gasteiger partial charge in [-0.05, 0) is 63.5 Å². The number of amides is 2. The van der Waals surface area contributed by atoms with Gasteiger partial charge in [-0.25, -0.2) is 0 Å². The fraction of sp³-hybridized carbons (Fsp3) is 0.545. The summed E-state index contributed by atoms with van der Waals surface area (Å²) in [6.45, 7) is 49.1. The van der Waals surface area contributed by atoms with E-state index in [2.05, 4.69) is 43.8 Å². The molecule has 0 radical (unpaired) electrons. The number of ketones is 6. The molecule has 3 aromatic rings. The van der Waals surface area contributed by atoms with Crippen molar-refractivity contribution in [3.05, 3.63) is 147 Å². The number of phenolic OH excluding ortho intramolecular Hbond substituents is 4. The number of hydrazone groups is 2. The van der Waals surface area contributed by atoms with Gasteiger partial charge in [0.2, 0.25) is 5.78 Å². The lowest BCUT2D eigenvalue weighted by atomic mass is 9.77. The van der Waals surface area contributed by atoms with Crippen molar-refractivity contribution >= 4 is 112 Å². The normalized spacial score (nSPS) is 28.5. The Hall–Kier alpha value is -13.1. The molecule has 10 bridgehead atoms. The molecule has 38 heteroatoms. The Labute approximate surface area is 863 Å². The number of aliphatic hydroxyl groups is 4. The highest BCUT2D eigenvalue weighted by Crippen LogP contribution is 2.56. The second-order valence-corrected chi connectivity index (χ2v) is 41.6. The number of phenols is 4. The number of aliphatic hydroxyl groups excluding tert-OH is 4. The molecule has 2 fully saturated rings. The van der Waals surface area contributed by atoms with E-state index in [1.54, 1.807) is 116 Å². The molecule has 0 spiro atoms. The molecule has 12 rings (SSSR count). The van der Waals surface area contributed by atoms with Crippen LogP contribution in [0.1, 0.15) is 222 Å². The summed E-state index contributed by atoms with van der Waals surface area (Å²) in [5, 5.41) is 111. The second-order valence-electron chi connectivity index (χ2n) is 41.6. The maximum Gasteiger partial charge on any atom is 0.312 e. The van der Waals surface area contributed by atoms with Crippen molar-refractivity contribution in [2.75, 3.05) is 84.0 Å². The third-order valence-electron chi connectivity index (χ3n) is 29.5. The van der Waals surface area contributed by atoms with Gasteiger partial charge < -0.3 is 109 Å². The number of carbonyl (C=O) groups excluding carboxylic acids is 14. The smallest absolute Gasteiger partial charge is 0.312 e. The van der Waals surface area contributed by atoms with Crippen molar-refractivity contribution in [1.29, 1.82) is 0 Å². The minimum absolute atomic E-state index is 0.0327. The topological polar surface area (TPSA) is 536 Å². The number of nitrogens with one attached hydrogen (secondary N) is 2. The quantitative estimate of drug-likeness (QED) is 0.00614. The molecule has 9 aliphatic rings. The highest BCUT2D eigenvalue weighted by molar-refractivity contribution is 6.38. The number of hydrogen-bond donors (Lipinski definition) is 10.